The lowest BCUT2D eigenvalue weighted by Gasteiger charge is -2.27. The lowest BCUT2D eigenvalue weighted by atomic mass is 9.89. The molecule has 0 radical (unpaired) electrons. The van der Waals surface area contributed by atoms with Crippen molar-refractivity contribution >= 4 is 0 Å². The molecule has 1 saturated heterocycles. The van der Waals surface area contributed by atoms with Crippen molar-refractivity contribution in [2.24, 2.45) is 5.92 Å². The summed E-state index contributed by atoms with van der Waals surface area (Å²) in [5.74, 6) is 0.853. The lowest BCUT2D eigenvalue weighted by molar-refractivity contribution is -0.0278. The highest BCUT2D eigenvalue weighted by molar-refractivity contribution is 4.71. The maximum absolute atomic E-state index is 9.97. The molecule has 1 aliphatic carbocycles. The van der Waals surface area contributed by atoms with Crippen LogP contribution in [0.1, 0.15) is 51.9 Å². The third kappa shape index (κ3) is 7.09. The van der Waals surface area contributed by atoms with E-state index in [1.54, 1.807) is 0 Å². The summed E-state index contributed by atoms with van der Waals surface area (Å²) in [7, 11) is 0. The molecule has 1 heterocycles. The molecule has 2 aliphatic rings. The average molecular weight is 298 g/mol. The molecule has 1 unspecified atom stereocenters. The van der Waals surface area contributed by atoms with Crippen LogP contribution >= 0.6 is 0 Å². The monoisotopic (exact) mass is 298 g/mol. The van der Waals surface area contributed by atoms with Crippen LogP contribution in [-0.4, -0.2) is 61.5 Å². The van der Waals surface area contributed by atoms with Crippen LogP contribution in [0.15, 0.2) is 0 Å². The first kappa shape index (κ1) is 17.2. The molecule has 124 valence electrons. The SMILES string of the molecule is CC1CCC(OCC(O)CNCCN2CCCCC2)CC1. The Morgan fingerprint density at radius 3 is 2.57 bits per heavy atom. The first-order chi connectivity index (χ1) is 10.2. The molecule has 0 bridgehead atoms. The van der Waals surface area contributed by atoms with Gasteiger partial charge in [-0.3, -0.25) is 0 Å². The standard InChI is InChI=1S/C17H34N2O2/c1-15-5-7-17(8-6-15)21-14-16(20)13-18-9-12-19-10-3-2-4-11-19/h15-18,20H,2-14H2,1H3. The van der Waals surface area contributed by atoms with Gasteiger partial charge in [-0.15, -0.1) is 0 Å². The molecular weight excluding hydrogens is 264 g/mol. The number of nitrogens with zero attached hydrogens (tertiary/aromatic N) is 1. The summed E-state index contributed by atoms with van der Waals surface area (Å²) < 4.78 is 5.84. The summed E-state index contributed by atoms with van der Waals surface area (Å²) in [4.78, 5) is 2.52. The Morgan fingerprint density at radius 1 is 1.14 bits per heavy atom. The number of hydrogen-bond donors (Lipinski definition) is 2. The highest BCUT2D eigenvalue weighted by Crippen LogP contribution is 2.25. The molecule has 2 N–H and O–H groups in total. The molecule has 1 atom stereocenters. The quantitative estimate of drug-likeness (QED) is 0.673. The lowest BCUT2D eigenvalue weighted by Crippen LogP contribution is -2.39. The molecule has 0 spiro atoms. The van der Waals surface area contributed by atoms with Crippen LogP contribution in [0.2, 0.25) is 0 Å². The molecule has 0 aromatic rings. The molecule has 0 aromatic carbocycles. The predicted octanol–water partition coefficient (Wildman–Crippen LogP) is 2.02. The van der Waals surface area contributed by atoms with Crippen molar-refractivity contribution in [2.75, 3.05) is 39.3 Å². The molecular formula is C17H34N2O2. The van der Waals surface area contributed by atoms with E-state index in [1.165, 1.54) is 45.2 Å². The zero-order valence-corrected chi connectivity index (χ0v) is 13.7. The number of nitrogens with one attached hydrogen (secondary N) is 1. The Balaban J connectivity index is 1.44. The van der Waals surface area contributed by atoms with Crippen LogP contribution in [0, 0.1) is 5.92 Å². The highest BCUT2D eigenvalue weighted by Gasteiger charge is 2.19. The first-order valence-corrected chi connectivity index (χ1v) is 8.97. The van der Waals surface area contributed by atoms with Gasteiger partial charge in [-0.25, -0.2) is 0 Å². The number of aliphatic hydroxyl groups excluding tert-OH is 1. The van der Waals surface area contributed by atoms with Gasteiger partial charge in [0.25, 0.3) is 0 Å². The summed E-state index contributed by atoms with van der Waals surface area (Å²) in [6, 6.07) is 0. The van der Waals surface area contributed by atoms with Crippen LogP contribution in [0.5, 0.6) is 0 Å². The number of ether oxygens (including phenoxy) is 1. The van der Waals surface area contributed by atoms with E-state index < -0.39 is 0 Å². The smallest absolute Gasteiger partial charge is 0.0897 e. The van der Waals surface area contributed by atoms with E-state index in [2.05, 4.69) is 17.1 Å². The van der Waals surface area contributed by atoms with Crippen LogP contribution in [0.25, 0.3) is 0 Å². The van der Waals surface area contributed by atoms with Gasteiger partial charge < -0.3 is 20.1 Å². The van der Waals surface area contributed by atoms with Gasteiger partial charge in [0.05, 0.1) is 18.8 Å². The van der Waals surface area contributed by atoms with Gasteiger partial charge in [0, 0.05) is 19.6 Å². The molecule has 4 heteroatoms. The van der Waals surface area contributed by atoms with Gasteiger partial charge in [-0.1, -0.05) is 13.3 Å². The van der Waals surface area contributed by atoms with Gasteiger partial charge >= 0.3 is 0 Å². The summed E-state index contributed by atoms with van der Waals surface area (Å²) in [6.07, 6.45) is 8.96. The topological polar surface area (TPSA) is 44.7 Å². The minimum atomic E-state index is -0.370. The van der Waals surface area contributed by atoms with Crippen LogP contribution in [0.3, 0.4) is 0 Å². The van der Waals surface area contributed by atoms with Crippen molar-refractivity contribution in [3.05, 3.63) is 0 Å². The normalized spacial score (nSPS) is 29.4. The second-order valence-electron chi connectivity index (χ2n) is 6.98. The van der Waals surface area contributed by atoms with E-state index in [1.807, 2.05) is 0 Å². The molecule has 1 saturated carbocycles. The Labute approximate surface area is 130 Å². The van der Waals surface area contributed by atoms with Crippen molar-refractivity contribution in [1.29, 1.82) is 0 Å². The molecule has 1 aliphatic heterocycles. The average Bonchev–Trinajstić information content (AvgIpc) is 2.52. The number of likely N-dealkylation sites (tertiary alicyclic amines) is 1. The maximum Gasteiger partial charge on any atom is 0.0897 e. The van der Waals surface area contributed by atoms with Crippen molar-refractivity contribution in [3.63, 3.8) is 0 Å². The molecule has 0 aromatic heterocycles. The van der Waals surface area contributed by atoms with Gasteiger partial charge in [0.15, 0.2) is 0 Å². The zero-order valence-electron chi connectivity index (χ0n) is 13.7. The zero-order chi connectivity index (χ0) is 14.9. The Kier molecular flexibility index (Phi) is 8.01. The van der Waals surface area contributed by atoms with E-state index >= 15 is 0 Å². The molecule has 4 nitrogen and oxygen atoms in total. The third-order valence-corrected chi connectivity index (χ3v) is 4.92. The fourth-order valence-corrected chi connectivity index (χ4v) is 3.39. The van der Waals surface area contributed by atoms with E-state index in [4.69, 9.17) is 4.74 Å². The second-order valence-corrected chi connectivity index (χ2v) is 6.98. The largest absolute Gasteiger partial charge is 0.389 e. The van der Waals surface area contributed by atoms with Crippen molar-refractivity contribution in [1.82, 2.24) is 10.2 Å². The van der Waals surface area contributed by atoms with Crippen molar-refractivity contribution in [3.8, 4) is 0 Å². The summed E-state index contributed by atoms with van der Waals surface area (Å²) in [5.41, 5.74) is 0. The second kappa shape index (κ2) is 9.78. The molecule has 0 amide bonds. The van der Waals surface area contributed by atoms with Gasteiger partial charge in [-0.2, -0.15) is 0 Å². The van der Waals surface area contributed by atoms with Gasteiger partial charge in [0.1, 0.15) is 0 Å². The van der Waals surface area contributed by atoms with Gasteiger partial charge in [-0.05, 0) is 57.5 Å². The number of rotatable bonds is 8. The van der Waals surface area contributed by atoms with Gasteiger partial charge in [0.2, 0.25) is 0 Å². The fraction of sp³-hybridized carbons (Fsp3) is 1.00. The number of piperidine rings is 1. The number of hydrogen-bond acceptors (Lipinski definition) is 4. The summed E-state index contributed by atoms with van der Waals surface area (Å²) in [6.45, 7) is 8.01. The van der Waals surface area contributed by atoms with Crippen LogP contribution in [-0.2, 0) is 4.74 Å². The van der Waals surface area contributed by atoms with Crippen LogP contribution in [0.4, 0.5) is 0 Å². The summed E-state index contributed by atoms with van der Waals surface area (Å²) >= 11 is 0. The maximum atomic E-state index is 9.97. The Bertz CT molecular complexity index is 262. The highest BCUT2D eigenvalue weighted by atomic mass is 16.5. The molecule has 2 rings (SSSR count). The molecule has 21 heavy (non-hydrogen) atoms. The fourth-order valence-electron chi connectivity index (χ4n) is 3.39. The predicted molar refractivity (Wildman–Crippen MR) is 86.5 cm³/mol. The van der Waals surface area contributed by atoms with E-state index in [9.17, 15) is 5.11 Å². The van der Waals surface area contributed by atoms with E-state index in [-0.39, 0.29) is 6.10 Å². The Hall–Kier alpha value is -0.160. The van der Waals surface area contributed by atoms with Crippen molar-refractivity contribution in [2.45, 2.75) is 64.1 Å². The van der Waals surface area contributed by atoms with Crippen LogP contribution < -0.4 is 5.32 Å². The van der Waals surface area contributed by atoms with E-state index in [0.717, 1.165) is 31.8 Å². The number of aliphatic hydroxyl groups is 1. The Morgan fingerprint density at radius 2 is 1.86 bits per heavy atom. The first-order valence-electron chi connectivity index (χ1n) is 8.97. The third-order valence-electron chi connectivity index (χ3n) is 4.92. The molecule has 2 fully saturated rings. The summed E-state index contributed by atoms with van der Waals surface area (Å²) in [5, 5.41) is 13.3. The van der Waals surface area contributed by atoms with Crippen molar-refractivity contribution < 1.29 is 9.84 Å². The van der Waals surface area contributed by atoms with E-state index in [0.29, 0.717) is 19.3 Å². The minimum absolute atomic E-state index is 0.370. The minimum Gasteiger partial charge on any atom is -0.389 e.